The first-order valence-electron chi connectivity index (χ1n) is 6.91. The molecule has 1 unspecified atom stereocenters. The van der Waals surface area contributed by atoms with Crippen LogP contribution in [0.5, 0.6) is 5.75 Å². The molecule has 0 aliphatic carbocycles. The molecule has 1 aromatic heterocycles. The highest BCUT2D eigenvalue weighted by molar-refractivity contribution is 5.28. The maximum absolute atomic E-state index is 12.1. The molecular weight excluding hydrogens is 276 g/mol. The topological polar surface area (TPSA) is 39.1 Å². The van der Waals surface area contributed by atoms with Gasteiger partial charge in [0.25, 0.3) is 0 Å². The lowest BCUT2D eigenvalue weighted by Crippen LogP contribution is -2.21. The minimum absolute atomic E-state index is 0.156. The molecule has 2 aromatic rings. The highest BCUT2D eigenvalue weighted by Crippen LogP contribution is 2.19. The van der Waals surface area contributed by atoms with Crippen molar-refractivity contribution >= 4 is 0 Å². The number of hydrogen-bond donors (Lipinski definition) is 1. The number of ether oxygens (including phenoxy) is 1. The third-order valence-electron chi connectivity index (χ3n) is 3.18. The Morgan fingerprint density at radius 3 is 2.67 bits per heavy atom. The Balaban J connectivity index is 1.73. The maximum atomic E-state index is 12.1. The fourth-order valence-electron chi connectivity index (χ4n) is 2.05. The first-order chi connectivity index (χ1) is 10.1. The Hall–Kier alpha value is -1.95. The molecule has 1 heterocycles. The summed E-state index contributed by atoms with van der Waals surface area (Å²) in [6, 6.07) is 8.76. The van der Waals surface area contributed by atoms with Gasteiger partial charge in [0.1, 0.15) is 5.75 Å². The van der Waals surface area contributed by atoms with Crippen LogP contribution < -0.4 is 10.1 Å². The van der Waals surface area contributed by atoms with Crippen LogP contribution in [0.1, 0.15) is 24.9 Å². The first kappa shape index (κ1) is 15.4. The zero-order valence-corrected chi connectivity index (χ0v) is 11.9. The molecule has 0 radical (unpaired) electrons. The fraction of sp³-hybridized carbons (Fsp3) is 0.400. The van der Waals surface area contributed by atoms with Crippen molar-refractivity contribution in [1.82, 2.24) is 15.1 Å². The third-order valence-corrected chi connectivity index (χ3v) is 3.18. The summed E-state index contributed by atoms with van der Waals surface area (Å²) in [5, 5.41) is 7.53. The van der Waals surface area contributed by atoms with Crippen LogP contribution in [-0.2, 0) is 6.54 Å². The largest absolute Gasteiger partial charge is 0.435 e. The number of benzene rings is 1. The molecule has 6 heteroatoms. The molecule has 0 fully saturated rings. The van der Waals surface area contributed by atoms with Crippen molar-refractivity contribution in [2.75, 3.05) is 6.54 Å². The van der Waals surface area contributed by atoms with E-state index in [9.17, 15) is 8.78 Å². The van der Waals surface area contributed by atoms with E-state index in [0.717, 1.165) is 25.1 Å². The van der Waals surface area contributed by atoms with Gasteiger partial charge in [-0.05, 0) is 43.7 Å². The molecule has 1 atom stereocenters. The summed E-state index contributed by atoms with van der Waals surface area (Å²) in [6.45, 7) is 0.981. The lowest BCUT2D eigenvalue weighted by Gasteiger charge is -2.15. The molecule has 0 saturated carbocycles. The summed E-state index contributed by atoms with van der Waals surface area (Å²) in [5.74, 6) is 0.180. The molecule has 114 valence electrons. The molecule has 1 N–H and O–H groups in total. The van der Waals surface area contributed by atoms with Gasteiger partial charge in [-0.25, -0.2) is 0 Å². The van der Waals surface area contributed by atoms with Gasteiger partial charge in [-0.15, -0.1) is 0 Å². The van der Waals surface area contributed by atoms with Crippen molar-refractivity contribution in [1.29, 1.82) is 0 Å². The van der Waals surface area contributed by atoms with Crippen molar-refractivity contribution in [2.24, 2.45) is 0 Å². The second kappa shape index (κ2) is 7.73. The minimum atomic E-state index is -2.78. The monoisotopic (exact) mass is 295 g/mol. The zero-order chi connectivity index (χ0) is 15.1. The van der Waals surface area contributed by atoms with E-state index in [1.54, 1.807) is 30.5 Å². The average Bonchev–Trinajstić information content (AvgIpc) is 2.97. The molecule has 0 aliphatic rings. The summed E-state index contributed by atoms with van der Waals surface area (Å²) >= 11 is 0. The number of alkyl halides is 2. The second-order valence-corrected chi connectivity index (χ2v) is 4.75. The molecule has 0 spiro atoms. The lowest BCUT2D eigenvalue weighted by molar-refractivity contribution is -0.0498. The van der Waals surface area contributed by atoms with Gasteiger partial charge in [0.05, 0.1) is 0 Å². The van der Waals surface area contributed by atoms with Crippen LogP contribution in [-0.4, -0.2) is 22.9 Å². The maximum Gasteiger partial charge on any atom is 0.387 e. The van der Waals surface area contributed by atoms with Crippen LogP contribution in [0.3, 0.4) is 0 Å². The van der Waals surface area contributed by atoms with Gasteiger partial charge >= 0.3 is 6.61 Å². The number of hydrogen-bond acceptors (Lipinski definition) is 3. The number of rotatable bonds is 8. The normalized spacial score (nSPS) is 12.6. The number of halogens is 2. The SMILES string of the molecule is CC(NCCCn1cccn1)c1ccc(OC(F)F)cc1. The number of nitrogens with zero attached hydrogens (tertiary/aromatic N) is 2. The van der Waals surface area contributed by atoms with Crippen molar-refractivity contribution in [3.8, 4) is 5.75 Å². The average molecular weight is 295 g/mol. The summed E-state index contributed by atoms with van der Waals surface area (Å²) < 4.78 is 30.3. The van der Waals surface area contributed by atoms with Crippen molar-refractivity contribution in [3.05, 3.63) is 48.3 Å². The molecule has 0 saturated heterocycles. The van der Waals surface area contributed by atoms with Crippen molar-refractivity contribution in [3.63, 3.8) is 0 Å². The Morgan fingerprint density at radius 1 is 1.29 bits per heavy atom. The van der Waals surface area contributed by atoms with Crippen molar-refractivity contribution in [2.45, 2.75) is 32.5 Å². The predicted octanol–water partition coefficient (Wildman–Crippen LogP) is 3.23. The van der Waals surface area contributed by atoms with Gasteiger partial charge in [-0.3, -0.25) is 4.68 Å². The van der Waals surface area contributed by atoms with Crippen LogP contribution >= 0.6 is 0 Å². The van der Waals surface area contributed by atoms with Crippen LogP contribution in [0, 0.1) is 0 Å². The van der Waals surface area contributed by atoms with E-state index in [1.165, 1.54) is 0 Å². The Labute approximate surface area is 122 Å². The van der Waals surface area contributed by atoms with E-state index in [-0.39, 0.29) is 11.8 Å². The highest BCUT2D eigenvalue weighted by atomic mass is 19.3. The van der Waals surface area contributed by atoms with Gasteiger partial charge < -0.3 is 10.1 Å². The molecule has 4 nitrogen and oxygen atoms in total. The minimum Gasteiger partial charge on any atom is -0.435 e. The van der Waals surface area contributed by atoms with Gasteiger partial charge in [0, 0.05) is 25.0 Å². The number of aromatic nitrogens is 2. The Bertz CT molecular complexity index is 514. The van der Waals surface area contributed by atoms with E-state index in [4.69, 9.17) is 0 Å². The van der Waals surface area contributed by atoms with E-state index >= 15 is 0 Å². The zero-order valence-electron chi connectivity index (χ0n) is 11.9. The molecular formula is C15H19F2N3O. The standard InChI is InChI=1S/C15H19F2N3O/c1-12(18-8-2-10-20-11-3-9-19-20)13-4-6-14(7-5-13)21-15(16)17/h3-7,9,11-12,15,18H,2,8,10H2,1H3. The third kappa shape index (κ3) is 5.15. The van der Waals surface area contributed by atoms with Crippen LogP contribution in [0.4, 0.5) is 8.78 Å². The number of aryl methyl sites for hydroxylation is 1. The Kier molecular flexibility index (Phi) is 5.68. The number of nitrogens with one attached hydrogen (secondary N) is 1. The van der Waals surface area contributed by atoms with Crippen LogP contribution in [0.2, 0.25) is 0 Å². The molecule has 0 aliphatic heterocycles. The van der Waals surface area contributed by atoms with E-state index in [0.29, 0.717) is 0 Å². The molecule has 1 aromatic carbocycles. The van der Waals surface area contributed by atoms with Gasteiger partial charge in [-0.1, -0.05) is 12.1 Å². The van der Waals surface area contributed by atoms with Crippen molar-refractivity contribution < 1.29 is 13.5 Å². The van der Waals surface area contributed by atoms with E-state index < -0.39 is 6.61 Å². The lowest BCUT2D eigenvalue weighted by atomic mass is 10.1. The molecule has 0 amide bonds. The summed E-state index contributed by atoms with van der Waals surface area (Å²) in [6.07, 6.45) is 4.67. The molecule has 0 bridgehead atoms. The summed E-state index contributed by atoms with van der Waals surface area (Å²) in [7, 11) is 0. The van der Waals surface area contributed by atoms with E-state index in [2.05, 4.69) is 15.2 Å². The molecule has 21 heavy (non-hydrogen) atoms. The van der Waals surface area contributed by atoms with Gasteiger partial charge in [-0.2, -0.15) is 13.9 Å². The van der Waals surface area contributed by atoms with Crippen LogP contribution in [0.15, 0.2) is 42.7 Å². The van der Waals surface area contributed by atoms with Gasteiger partial charge in [0.15, 0.2) is 0 Å². The van der Waals surface area contributed by atoms with E-state index in [1.807, 2.05) is 23.9 Å². The summed E-state index contributed by atoms with van der Waals surface area (Å²) in [4.78, 5) is 0. The smallest absolute Gasteiger partial charge is 0.387 e. The Morgan fingerprint density at radius 2 is 2.05 bits per heavy atom. The highest BCUT2D eigenvalue weighted by Gasteiger charge is 2.07. The predicted molar refractivity (Wildman–Crippen MR) is 76.3 cm³/mol. The fourth-order valence-corrected chi connectivity index (χ4v) is 2.05. The molecule has 2 rings (SSSR count). The summed E-state index contributed by atoms with van der Waals surface area (Å²) in [5.41, 5.74) is 1.04. The van der Waals surface area contributed by atoms with Gasteiger partial charge in [0.2, 0.25) is 0 Å². The first-order valence-corrected chi connectivity index (χ1v) is 6.91. The van der Waals surface area contributed by atoms with Crippen LogP contribution in [0.25, 0.3) is 0 Å². The quantitative estimate of drug-likeness (QED) is 0.760. The second-order valence-electron chi connectivity index (χ2n) is 4.75.